The predicted octanol–water partition coefficient (Wildman–Crippen LogP) is 3.50. The van der Waals surface area contributed by atoms with Gasteiger partial charge in [0.1, 0.15) is 0 Å². The lowest BCUT2D eigenvalue weighted by atomic mass is 10.1. The average Bonchev–Trinajstić information content (AvgIpc) is 2.84. The molecule has 3 aromatic rings. The van der Waals surface area contributed by atoms with Crippen molar-refractivity contribution in [1.29, 1.82) is 0 Å². The summed E-state index contributed by atoms with van der Waals surface area (Å²) >= 11 is 5.45. The van der Waals surface area contributed by atoms with Gasteiger partial charge in [-0.3, -0.25) is 9.59 Å². The molecule has 0 spiro atoms. The maximum atomic E-state index is 12.6. The fourth-order valence-corrected chi connectivity index (χ4v) is 3.26. The molecule has 2 amide bonds. The van der Waals surface area contributed by atoms with Gasteiger partial charge < -0.3 is 0 Å². The van der Waals surface area contributed by atoms with E-state index in [2.05, 4.69) is 0 Å². The molecule has 3 aromatic carbocycles. The van der Waals surface area contributed by atoms with Gasteiger partial charge in [0.15, 0.2) is 5.11 Å². The van der Waals surface area contributed by atoms with Crippen LogP contribution < -0.4 is 9.80 Å². The summed E-state index contributed by atoms with van der Waals surface area (Å²) < 4.78 is 0. The molecule has 1 heterocycles. The van der Waals surface area contributed by atoms with Crippen LogP contribution in [0.25, 0.3) is 10.8 Å². The van der Waals surface area contributed by atoms with Gasteiger partial charge in [-0.1, -0.05) is 54.6 Å². The van der Waals surface area contributed by atoms with E-state index in [1.54, 1.807) is 30.3 Å². The fourth-order valence-electron chi connectivity index (χ4n) is 2.89. The molecule has 0 bridgehead atoms. The molecule has 1 aliphatic rings. The molecular weight excluding hydrogens is 320 g/mol. The molecule has 4 rings (SSSR count). The van der Waals surface area contributed by atoms with Gasteiger partial charge in [0.2, 0.25) is 0 Å². The predicted molar refractivity (Wildman–Crippen MR) is 98.0 cm³/mol. The Labute approximate surface area is 143 Å². The Bertz CT molecular complexity index is 980. The van der Waals surface area contributed by atoms with Crippen LogP contribution in [0.3, 0.4) is 0 Å². The van der Waals surface area contributed by atoms with Crippen molar-refractivity contribution in [3.05, 3.63) is 72.8 Å². The summed E-state index contributed by atoms with van der Waals surface area (Å²) in [5, 5.41) is 2.03. The maximum absolute atomic E-state index is 12.6. The van der Waals surface area contributed by atoms with Crippen LogP contribution in [0, 0.1) is 0 Å². The molecule has 0 radical (unpaired) electrons. The number of anilines is 2. The van der Waals surface area contributed by atoms with E-state index in [1.165, 1.54) is 9.80 Å². The number of hydrogen-bond donors (Lipinski definition) is 0. The molecule has 1 aliphatic heterocycles. The highest BCUT2D eigenvalue weighted by molar-refractivity contribution is 7.81. The maximum Gasteiger partial charge on any atom is 0.323 e. The van der Waals surface area contributed by atoms with E-state index in [1.807, 2.05) is 42.5 Å². The van der Waals surface area contributed by atoms with Crippen LogP contribution >= 0.6 is 12.2 Å². The Morgan fingerprint density at radius 1 is 0.667 bits per heavy atom. The Kier molecular flexibility index (Phi) is 3.36. The number of thiocarbonyl (C=S) groups is 1. The van der Waals surface area contributed by atoms with Crippen LogP contribution in [0.4, 0.5) is 11.4 Å². The van der Waals surface area contributed by atoms with Gasteiger partial charge in [-0.05, 0) is 35.8 Å². The number of amides is 2. The number of carbonyl (C=O) groups excluding carboxylic acids is 2. The number of benzene rings is 3. The number of nitrogens with zero attached hydrogens (tertiary/aromatic N) is 2. The molecule has 0 unspecified atom stereocenters. The smallest absolute Gasteiger partial charge is 0.263 e. The normalized spacial score (nSPS) is 14.8. The zero-order valence-corrected chi connectivity index (χ0v) is 13.4. The highest BCUT2D eigenvalue weighted by Gasteiger charge is 2.43. The Balaban J connectivity index is 1.86. The van der Waals surface area contributed by atoms with E-state index in [-0.39, 0.29) is 5.11 Å². The van der Waals surface area contributed by atoms with Gasteiger partial charge in [0, 0.05) is 5.39 Å². The molecular formula is C19H12N2O2S. The molecule has 0 N–H and O–H groups in total. The molecule has 24 heavy (non-hydrogen) atoms. The molecule has 116 valence electrons. The second-order valence-electron chi connectivity index (χ2n) is 5.40. The van der Waals surface area contributed by atoms with Crippen LogP contribution in [0.1, 0.15) is 0 Å². The van der Waals surface area contributed by atoms with Crippen molar-refractivity contribution >= 4 is 51.3 Å². The first-order valence-electron chi connectivity index (χ1n) is 7.44. The average molecular weight is 332 g/mol. The van der Waals surface area contributed by atoms with Gasteiger partial charge in [-0.15, -0.1) is 0 Å². The number of rotatable bonds is 2. The largest absolute Gasteiger partial charge is 0.323 e. The monoisotopic (exact) mass is 332 g/mol. The SMILES string of the molecule is O=C1C(=O)N(c2cccc3ccccc23)C(=S)N1c1ccccc1. The third-order valence-corrected chi connectivity index (χ3v) is 4.36. The van der Waals surface area contributed by atoms with Crippen LogP contribution in [-0.4, -0.2) is 16.9 Å². The first-order chi connectivity index (χ1) is 11.7. The summed E-state index contributed by atoms with van der Waals surface area (Å²) in [6, 6.07) is 22.3. The minimum Gasteiger partial charge on any atom is -0.263 e. The molecule has 5 heteroatoms. The third kappa shape index (κ3) is 2.10. The van der Waals surface area contributed by atoms with Crippen LogP contribution in [0.5, 0.6) is 0 Å². The van der Waals surface area contributed by atoms with Gasteiger partial charge in [0.05, 0.1) is 11.4 Å². The van der Waals surface area contributed by atoms with E-state index in [0.717, 1.165) is 10.8 Å². The van der Waals surface area contributed by atoms with Gasteiger partial charge in [0.25, 0.3) is 0 Å². The zero-order valence-electron chi connectivity index (χ0n) is 12.5. The first-order valence-corrected chi connectivity index (χ1v) is 7.84. The minimum absolute atomic E-state index is 0.174. The summed E-state index contributed by atoms with van der Waals surface area (Å²) in [4.78, 5) is 27.7. The summed E-state index contributed by atoms with van der Waals surface area (Å²) in [5.74, 6) is -1.28. The van der Waals surface area contributed by atoms with Crippen molar-refractivity contribution in [2.24, 2.45) is 0 Å². The summed E-state index contributed by atoms with van der Waals surface area (Å²) in [6.45, 7) is 0. The Morgan fingerprint density at radius 3 is 2.08 bits per heavy atom. The van der Waals surface area contributed by atoms with Crippen LogP contribution in [-0.2, 0) is 9.59 Å². The fraction of sp³-hybridized carbons (Fsp3) is 0. The Hall–Kier alpha value is -3.05. The van der Waals surface area contributed by atoms with Gasteiger partial charge in [-0.25, -0.2) is 9.80 Å². The topological polar surface area (TPSA) is 40.6 Å². The quantitative estimate of drug-likeness (QED) is 0.533. The molecule has 0 aliphatic carbocycles. The molecule has 4 nitrogen and oxygen atoms in total. The van der Waals surface area contributed by atoms with E-state index < -0.39 is 11.8 Å². The number of para-hydroxylation sites is 1. The highest BCUT2D eigenvalue weighted by Crippen LogP contribution is 2.32. The molecule has 0 atom stereocenters. The lowest BCUT2D eigenvalue weighted by molar-refractivity contribution is -0.133. The Morgan fingerprint density at radius 2 is 1.29 bits per heavy atom. The third-order valence-electron chi connectivity index (χ3n) is 3.99. The van der Waals surface area contributed by atoms with Crippen LogP contribution in [0.2, 0.25) is 0 Å². The molecule has 1 fully saturated rings. The standard InChI is InChI=1S/C19H12N2O2S/c22-17-18(23)21(19(24)20(17)14-9-2-1-3-10-14)16-12-6-8-13-7-4-5-11-15(13)16/h1-12H. The molecule has 0 aromatic heterocycles. The zero-order chi connectivity index (χ0) is 16.7. The molecule has 1 saturated heterocycles. The number of hydrogen-bond acceptors (Lipinski definition) is 3. The van der Waals surface area contributed by atoms with Crippen molar-refractivity contribution in [2.45, 2.75) is 0 Å². The van der Waals surface area contributed by atoms with Crippen molar-refractivity contribution in [1.82, 2.24) is 0 Å². The summed E-state index contributed by atoms with van der Waals surface area (Å²) in [7, 11) is 0. The van der Waals surface area contributed by atoms with E-state index in [9.17, 15) is 9.59 Å². The summed E-state index contributed by atoms with van der Waals surface area (Å²) in [6.07, 6.45) is 0. The first kappa shape index (κ1) is 14.5. The lowest BCUT2D eigenvalue weighted by Crippen LogP contribution is -2.33. The minimum atomic E-state index is -0.640. The van der Waals surface area contributed by atoms with E-state index in [0.29, 0.717) is 11.4 Å². The van der Waals surface area contributed by atoms with Crippen LogP contribution in [0.15, 0.2) is 72.8 Å². The summed E-state index contributed by atoms with van der Waals surface area (Å²) in [5.41, 5.74) is 1.21. The number of carbonyl (C=O) groups is 2. The number of fused-ring (bicyclic) bond motifs is 1. The lowest BCUT2D eigenvalue weighted by Gasteiger charge is -2.20. The second-order valence-corrected chi connectivity index (χ2v) is 5.76. The van der Waals surface area contributed by atoms with E-state index >= 15 is 0 Å². The van der Waals surface area contributed by atoms with Crippen molar-refractivity contribution < 1.29 is 9.59 Å². The molecule has 0 saturated carbocycles. The van der Waals surface area contributed by atoms with Crippen molar-refractivity contribution in [2.75, 3.05) is 9.80 Å². The van der Waals surface area contributed by atoms with Gasteiger partial charge >= 0.3 is 11.8 Å². The van der Waals surface area contributed by atoms with Gasteiger partial charge in [-0.2, -0.15) is 0 Å². The highest BCUT2D eigenvalue weighted by atomic mass is 32.1. The van der Waals surface area contributed by atoms with Crippen molar-refractivity contribution in [3.63, 3.8) is 0 Å². The second kappa shape index (κ2) is 5.54. The van der Waals surface area contributed by atoms with E-state index in [4.69, 9.17) is 12.2 Å². The van der Waals surface area contributed by atoms with Crippen molar-refractivity contribution in [3.8, 4) is 0 Å².